The van der Waals surface area contributed by atoms with Crippen LogP contribution in [0.15, 0.2) is 36.9 Å². The molecule has 1 rings (SSSR count). The first-order chi connectivity index (χ1) is 12.5. The number of nitrogens with one attached hydrogen (secondary N) is 1. The van der Waals surface area contributed by atoms with Gasteiger partial charge in [0.2, 0.25) is 5.91 Å². The van der Waals surface area contributed by atoms with Crippen LogP contribution < -0.4 is 10.1 Å². The molecular formula is C21H33NO4. The van der Waals surface area contributed by atoms with E-state index in [2.05, 4.69) is 11.9 Å². The number of carbonyl (C=O) groups is 1. The molecule has 0 aliphatic heterocycles. The highest BCUT2D eigenvalue weighted by Crippen LogP contribution is 2.18. The fraction of sp³-hybridized carbons (Fsp3) is 0.571. The van der Waals surface area contributed by atoms with Gasteiger partial charge in [0.05, 0.1) is 25.4 Å². The van der Waals surface area contributed by atoms with Crippen LogP contribution in [0.3, 0.4) is 0 Å². The number of aliphatic hydroxyl groups excluding tert-OH is 2. The van der Waals surface area contributed by atoms with Crippen LogP contribution in [0.2, 0.25) is 0 Å². The van der Waals surface area contributed by atoms with Gasteiger partial charge >= 0.3 is 0 Å². The van der Waals surface area contributed by atoms with Crippen molar-refractivity contribution in [3.05, 3.63) is 42.5 Å². The fourth-order valence-electron chi connectivity index (χ4n) is 2.79. The first-order valence-corrected chi connectivity index (χ1v) is 9.38. The van der Waals surface area contributed by atoms with E-state index >= 15 is 0 Å². The molecule has 0 unspecified atom stereocenters. The summed E-state index contributed by atoms with van der Waals surface area (Å²) in [6.07, 6.45) is 8.76. The van der Waals surface area contributed by atoms with Gasteiger partial charge in [-0.25, -0.2) is 0 Å². The van der Waals surface area contributed by atoms with Gasteiger partial charge in [-0.2, -0.15) is 0 Å². The van der Waals surface area contributed by atoms with Crippen LogP contribution >= 0.6 is 0 Å². The molecule has 146 valence electrons. The average molecular weight is 363 g/mol. The Kier molecular flexibility index (Phi) is 10.7. The minimum atomic E-state index is -0.980. The zero-order valence-corrected chi connectivity index (χ0v) is 15.9. The van der Waals surface area contributed by atoms with E-state index in [1.165, 1.54) is 26.2 Å². The molecule has 0 fully saturated rings. The van der Waals surface area contributed by atoms with Crippen LogP contribution in [-0.4, -0.2) is 41.5 Å². The lowest BCUT2D eigenvalue weighted by Gasteiger charge is -2.30. The monoisotopic (exact) mass is 363 g/mol. The van der Waals surface area contributed by atoms with E-state index in [1.807, 2.05) is 30.3 Å². The molecule has 0 spiro atoms. The molecule has 0 bridgehead atoms. The van der Waals surface area contributed by atoms with Crippen molar-refractivity contribution in [2.75, 3.05) is 19.8 Å². The van der Waals surface area contributed by atoms with E-state index in [0.717, 1.165) is 24.2 Å². The zero-order valence-electron chi connectivity index (χ0n) is 15.9. The van der Waals surface area contributed by atoms with Gasteiger partial charge < -0.3 is 20.3 Å². The number of carbonyl (C=O) groups excluding carboxylic acids is 1. The minimum Gasteiger partial charge on any atom is -0.494 e. The third kappa shape index (κ3) is 8.50. The summed E-state index contributed by atoms with van der Waals surface area (Å²) >= 11 is 0. The maximum Gasteiger partial charge on any atom is 0.217 e. The number of benzene rings is 1. The molecule has 0 heterocycles. The van der Waals surface area contributed by atoms with Gasteiger partial charge in [-0.1, -0.05) is 31.1 Å². The molecule has 0 atom stereocenters. The van der Waals surface area contributed by atoms with E-state index in [-0.39, 0.29) is 19.1 Å². The topological polar surface area (TPSA) is 78.8 Å². The smallest absolute Gasteiger partial charge is 0.217 e. The Labute approximate surface area is 157 Å². The lowest BCUT2D eigenvalue weighted by molar-refractivity contribution is -0.122. The Morgan fingerprint density at radius 2 is 1.81 bits per heavy atom. The van der Waals surface area contributed by atoms with Crippen LogP contribution in [0.25, 0.3) is 0 Å². The number of aliphatic hydroxyl groups is 2. The molecule has 1 amide bonds. The molecule has 5 heteroatoms. The molecule has 0 saturated heterocycles. The average Bonchev–Trinajstić information content (AvgIpc) is 2.65. The number of amides is 1. The first-order valence-electron chi connectivity index (χ1n) is 9.38. The van der Waals surface area contributed by atoms with Crippen molar-refractivity contribution in [2.45, 2.75) is 57.4 Å². The molecule has 26 heavy (non-hydrogen) atoms. The summed E-state index contributed by atoms with van der Waals surface area (Å²) < 4.78 is 5.75. The van der Waals surface area contributed by atoms with Crippen LogP contribution in [0.4, 0.5) is 0 Å². The third-order valence-corrected chi connectivity index (χ3v) is 4.43. The molecule has 5 nitrogen and oxygen atoms in total. The van der Waals surface area contributed by atoms with Crippen LogP contribution in [-0.2, 0) is 11.2 Å². The van der Waals surface area contributed by atoms with Gasteiger partial charge in [-0.05, 0) is 49.8 Å². The molecular weight excluding hydrogens is 330 g/mol. The second kappa shape index (κ2) is 12.5. The molecule has 0 aliphatic rings. The first kappa shape index (κ1) is 22.2. The highest BCUT2D eigenvalue weighted by atomic mass is 16.5. The Hall–Kier alpha value is -1.85. The van der Waals surface area contributed by atoms with Gasteiger partial charge in [0.1, 0.15) is 5.75 Å². The lowest BCUT2D eigenvalue weighted by atomic mass is 9.92. The molecule has 1 aromatic carbocycles. The highest BCUT2D eigenvalue weighted by molar-refractivity contribution is 5.73. The Morgan fingerprint density at radius 3 is 2.38 bits per heavy atom. The van der Waals surface area contributed by atoms with Gasteiger partial charge in [-0.15, -0.1) is 6.58 Å². The molecule has 0 radical (unpaired) electrons. The van der Waals surface area contributed by atoms with E-state index in [4.69, 9.17) is 4.74 Å². The van der Waals surface area contributed by atoms with Crippen molar-refractivity contribution >= 4 is 5.91 Å². The van der Waals surface area contributed by atoms with Gasteiger partial charge in [0, 0.05) is 6.92 Å². The molecule has 0 aromatic heterocycles. The second-order valence-electron chi connectivity index (χ2n) is 6.76. The summed E-state index contributed by atoms with van der Waals surface area (Å²) in [6.45, 7) is 5.23. The van der Waals surface area contributed by atoms with Crippen molar-refractivity contribution < 1.29 is 19.7 Å². The standard InChI is InChI=1S/C21H33NO4/c1-3-4-5-6-7-8-15-26-20-11-9-19(10-12-20)13-14-21(16-23,17-24)22-18(2)25/h3,9-12,23-24H,1,4-8,13-17H2,2H3,(H,22,25). The number of unbranched alkanes of at least 4 members (excludes halogenated alkanes) is 4. The van der Waals surface area contributed by atoms with Crippen molar-refractivity contribution in [1.82, 2.24) is 5.32 Å². The number of allylic oxidation sites excluding steroid dienone is 1. The van der Waals surface area contributed by atoms with Crippen molar-refractivity contribution in [3.63, 3.8) is 0 Å². The number of aryl methyl sites for hydroxylation is 1. The number of hydrogen-bond donors (Lipinski definition) is 3. The van der Waals surface area contributed by atoms with Crippen LogP contribution in [0.5, 0.6) is 5.75 Å². The SMILES string of the molecule is C=CCCCCCCOc1ccc(CCC(CO)(CO)NC(C)=O)cc1. The van der Waals surface area contributed by atoms with E-state index in [0.29, 0.717) is 19.4 Å². The number of ether oxygens (including phenoxy) is 1. The minimum absolute atomic E-state index is 0.263. The summed E-state index contributed by atoms with van der Waals surface area (Å²) in [4.78, 5) is 11.3. The van der Waals surface area contributed by atoms with Crippen molar-refractivity contribution in [2.24, 2.45) is 0 Å². The van der Waals surface area contributed by atoms with E-state index in [1.54, 1.807) is 0 Å². The summed E-state index contributed by atoms with van der Waals surface area (Å²) in [5.74, 6) is 0.582. The van der Waals surface area contributed by atoms with E-state index < -0.39 is 5.54 Å². The maximum atomic E-state index is 11.3. The van der Waals surface area contributed by atoms with Gasteiger partial charge in [-0.3, -0.25) is 4.79 Å². The maximum absolute atomic E-state index is 11.3. The van der Waals surface area contributed by atoms with Crippen molar-refractivity contribution in [1.29, 1.82) is 0 Å². The Morgan fingerprint density at radius 1 is 1.15 bits per heavy atom. The summed E-state index contributed by atoms with van der Waals surface area (Å²) in [5.41, 5.74) is 0.0884. The zero-order chi connectivity index (χ0) is 19.3. The third-order valence-electron chi connectivity index (χ3n) is 4.43. The normalized spacial score (nSPS) is 11.2. The van der Waals surface area contributed by atoms with Crippen LogP contribution in [0.1, 0.15) is 51.0 Å². The lowest BCUT2D eigenvalue weighted by Crippen LogP contribution is -2.53. The largest absolute Gasteiger partial charge is 0.494 e. The Balaban J connectivity index is 2.37. The molecule has 1 aromatic rings. The van der Waals surface area contributed by atoms with Gasteiger partial charge in [0.15, 0.2) is 0 Å². The van der Waals surface area contributed by atoms with E-state index in [9.17, 15) is 15.0 Å². The summed E-state index contributed by atoms with van der Waals surface area (Å²) in [5, 5.41) is 21.7. The quantitative estimate of drug-likeness (QED) is 0.351. The highest BCUT2D eigenvalue weighted by Gasteiger charge is 2.29. The molecule has 0 saturated carbocycles. The number of hydrogen-bond acceptors (Lipinski definition) is 4. The predicted molar refractivity (Wildman–Crippen MR) is 104 cm³/mol. The second-order valence-corrected chi connectivity index (χ2v) is 6.76. The number of rotatable bonds is 14. The summed E-state index contributed by atoms with van der Waals surface area (Å²) in [6, 6.07) is 7.83. The van der Waals surface area contributed by atoms with Crippen LogP contribution in [0, 0.1) is 0 Å². The molecule has 3 N–H and O–H groups in total. The van der Waals surface area contributed by atoms with Gasteiger partial charge in [0.25, 0.3) is 0 Å². The van der Waals surface area contributed by atoms with Crippen molar-refractivity contribution in [3.8, 4) is 5.75 Å². The summed E-state index contributed by atoms with van der Waals surface area (Å²) in [7, 11) is 0. The molecule has 0 aliphatic carbocycles. The predicted octanol–water partition coefficient (Wildman–Crippen LogP) is 2.99. The Bertz CT molecular complexity index is 523. The fourth-order valence-corrected chi connectivity index (χ4v) is 2.79.